The lowest BCUT2D eigenvalue weighted by Crippen LogP contribution is -2.48. The number of carbonyl (C=O) groups excluding carboxylic acids is 1. The monoisotopic (exact) mass is 264 g/mol. The molecule has 0 bridgehead atoms. The summed E-state index contributed by atoms with van der Waals surface area (Å²) in [5.41, 5.74) is 1.04. The molecule has 1 saturated heterocycles. The molecule has 1 aromatic heterocycles. The van der Waals surface area contributed by atoms with Gasteiger partial charge in [0.15, 0.2) is 5.82 Å². The first kappa shape index (κ1) is 13.9. The van der Waals surface area contributed by atoms with Crippen molar-refractivity contribution in [2.45, 2.75) is 46.1 Å². The number of anilines is 1. The van der Waals surface area contributed by atoms with Crippen molar-refractivity contribution in [3.63, 3.8) is 0 Å². The molecule has 2 heterocycles. The zero-order valence-electron chi connectivity index (χ0n) is 12.3. The zero-order chi connectivity index (χ0) is 14.0. The van der Waals surface area contributed by atoms with Gasteiger partial charge in [0, 0.05) is 31.4 Å². The highest BCUT2D eigenvalue weighted by Crippen LogP contribution is 2.23. The first-order valence-electron chi connectivity index (χ1n) is 7.07. The predicted molar refractivity (Wildman–Crippen MR) is 76.1 cm³/mol. The molecule has 1 aromatic rings. The largest absolute Gasteiger partial charge is 0.323 e. The average molecular weight is 264 g/mol. The topological polar surface area (TPSA) is 50.2 Å². The van der Waals surface area contributed by atoms with Gasteiger partial charge in [0.05, 0.1) is 0 Å². The summed E-state index contributed by atoms with van der Waals surface area (Å²) in [7, 11) is 1.88. The summed E-state index contributed by atoms with van der Waals surface area (Å²) in [5, 5.41) is 7.19. The molecule has 0 radical (unpaired) electrons. The number of nitrogens with zero attached hydrogens (tertiary/aromatic N) is 3. The Balaban J connectivity index is 2.05. The summed E-state index contributed by atoms with van der Waals surface area (Å²) in [4.78, 5) is 14.3. The molecule has 0 aromatic carbocycles. The molecule has 2 rings (SSSR count). The van der Waals surface area contributed by atoms with Gasteiger partial charge in [0.25, 0.3) is 0 Å². The van der Waals surface area contributed by atoms with Crippen LogP contribution in [0.2, 0.25) is 0 Å². The lowest BCUT2D eigenvalue weighted by Gasteiger charge is -2.37. The summed E-state index contributed by atoms with van der Waals surface area (Å²) in [5.74, 6) is 1.13. The van der Waals surface area contributed by atoms with Gasteiger partial charge in [0.1, 0.15) is 0 Å². The maximum Gasteiger partial charge on any atom is 0.323 e. The molecule has 0 saturated carbocycles. The van der Waals surface area contributed by atoms with Crippen molar-refractivity contribution in [2.75, 3.05) is 11.9 Å². The number of aryl methyl sites for hydroxylation is 2. The number of piperidine rings is 1. The third-order valence-electron chi connectivity index (χ3n) is 3.93. The van der Waals surface area contributed by atoms with Crippen molar-refractivity contribution < 1.29 is 4.79 Å². The van der Waals surface area contributed by atoms with Crippen LogP contribution in [0.4, 0.5) is 10.6 Å². The number of likely N-dealkylation sites (tertiary alicyclic amines) is 1. The fourth-order valence-corrected chi connectivity index (χ4v) is 2.71. The second-order valence-electron chi connectivity index (χ2n) is 5.73. The maximum absolute atomic E-state index is 12.4. The Kier molecular flexibility index (Phi) is 4.12. The van der Waals surface area contributed by atoms with Crippen molar-refractivity contribution >= 4 is 11.8 Å². The molecular formula is C14H24N4O. The van der Waals surface area contributed by atoms with E-state index in [9.17, 15) is 4.79 Å². The van der Waals surface area contributed by atoms with E-state index in [2.05, 4.69) is 24.3 Å². The number of hydrogen-bond acceptors (Lipinski definition) is 2. The Morgan fingerprint density at radius 3 is 2.79 bits per heavy atom. The summed E-state index contributed by atoms with van der Waals surface area (Å²) >= 11 is 0. The Hall–Kier alpha value is -1.52. The highest BCUT2D eigenvalue weighted by Gasteiger charge is 2.29. The van der Waals surface area contributed by atoms with Gasteiger partial charge in [-0.2, -0.15) is 5.10 Å². The number of carbonyl (C=O) groups is 1. The minimum atomic E-state index is -0.0171. The molecule has 5 heteroatoms. The molecule has 2 amide bonds. The van der Waals surface area contributed by atoms with Crippen LogP contribution in [0, 0.1) is 12.8 Å². The first-order chi connectivity index (χ1) is 8.99. The fraction of sp³-hybridized carbons (Fsp3) is 0.714. The molecule has 1 N–H and O–H groups in total. The molecule has 1 aliphatic rings. The van der Waals surface area contributed by atoms with Crippen LogP contribution in [0.3, 0.4) is 0 Å². The van der Waals surface area contributed by atoms with Gasteiger partial charge < -0.3 is 4.90 Å². The van der Waals surface area contributed by atoms with Crippen LogP contribution in [0.15, 0.2) is 6.07 Å². The first-order valence-corrected chi connectivity index (χ1v) is 7.07. The van der Waals surface area contributed by atoms with Gasteiger partial charge in [0.2, 0.25) is 0 Å². The molecule has 19 heavy (non-hydrogen) atoms. The van der Waals surface area contributed by atoms with E-state index >= 15 is 0 Å². The molecule has 0 aliphatic carbocycles. The van der Waals surface area contributed by atoms with Crippen molar-refractivity contribution in [1.29, 1.82) is 0 Å². The van der Waals surface area contributed by atoms with Gasteiger partial charge in [-0.25, -0.2) is 4.79 Å². The predicted octanol–water partition coefficient (Wildman–Crippen LogP) is 2.77. The van der Waals surface area contributed by atoms with E-state index in [1.807, 2.05) is 24.9 Å². The summed E-state index contributed by atoms with van der Waals surface area (Å²) in [6, 6.07) is 2.22. The molecule has 106 valence electrons. The Bertz CT molecular complexity index is 433. The number of nitrogens with one attached hydrogen (secondary N) is 1. The van der Waals surface area contributed by atoms with Crippen LogP contribution in [0.1, 0.15) is 38.8 Å². The zero-order valence-corrected chi connectivity index (χ0v) is 12.3. The van der Waals surface area contributed by atoms with Crippen LogP contribution in [0.5, 0.6) is 0 Å². The highest BCUT2D eigenvalue weighted by atomic mass is 16.2. The van der Waals surface area contributed by atoms with Gasteiger partial charge in [-0.3, -0.25) is 10.00 Å². The van der Waals surface area contributed by atoms with Gasteiger partial charge in [-0.05, 0) is 32.1 Å². The Morgan fingerprint density at radius 2 is 2.21 bits per heavy atom. The van der Waals surface area contributed by atoms with E-state index in [1.54, 1.807) is 4.68 Å². The average Bonchev–Trinajstić information content (AvgIpc) is 2.68. The van der Waals surface area contributed by atoms with E-state index in [4.69, 9.17) is 0 Å². The SMILES string of the molecule is Cc1cc(NC(=O)N2CCCC[C@H]2C(C)C)nn1C. The smallest absolute Gasteiger partial charge is 0.321 e. The number of hydrogen-bond donors (Lipinski definition) is 1. The Morgan fingerprint density at radius 1 is 1.47 bits per heavy atom. The summed E-state index contributed by atoms with van der Waals surface area (Å²) in [6.07, 6.45) is 3.42. The van der Waals surface area contributed by atoms with Crippen molar-refractivity contribution in [2.24, 2.45) is 13.0 Å². The second-order valence-corrected chi connectivity index (χ2v) is 5.73. The standard InChI is InChI=1S/C14H24N4O/c1-10(2)12-7-5-6-8-18(12)14(19)15-13-9-11(3)17(4)16-13/h9-10,12H,5-8H2,1-4H3,(H,15,16,19)/t12-/m0/s1. The van der Waals surface area contributed by atoms with Crippen LogP contribution in [0.25, 0.3) is 0 Å². The van der Waals surface area contributed by atoms with Gasteiger partial charge in [-0.1, -0.05) is 13.8 Å². The van der Waals surface area contributed by atoms with Crippen LogP contribution < -0.4 is 5.32 Å². The van der Waals surface area contributed by atoms with Gasteiger partial charge >= 0.3 is 6.03 Å². The highest BCUT2D eigenvalue weighted by molar-refractivity contribution is 5.88. The van der Waals surface area contributed by atoms with E-state index in [1.165, 1.54) is 6.42 Å². The Labute approximate surface area is 115 Å². The lowest BCUT2D eigenvalue weighted by molar-refractivity contribution is 0.137. The van der Waals surface area contributed by atoms with Crippen LogP contribution in [-0.4, -0.2) is 33.3 Å². The minimum absolute atomic E-state index is 0.0171. The molecule has 1 atom stereocenters. The molecule has 1 fully saturated rings. The van der Waals surface area contributed by atoms with Crippen LogP contribution in [-0.2, 0) is 7.05 Å². The molecule has 0 unspecified atom stereocenters. The molecule has 5 nitrogen and oxygen atoms in total. The normalized spacial score (nSPS) is 19.8. The molecule has 0 spiro atoms. The number of aromatic nitrogens is 2. The maximum atomic E-state index is 12.4. The van der Waals surface area contributed by atoms with E-state index in [0.717, 1.165) is 25.1 Å². The number of amides is 2. The second kappa shape index (κ2) is 5.63. The van der Waals surface area contributed by atoms with Crippen molar-refractivity contribution in [1.82, 2.24) is 14.7 Å². The summed E-state index contributed by atoms with van der Waals surface area (Å²) in [6.45, 7) is 7.18. The van der Waals surface area contributed by atoms with Gasteiger partial charge in [-0.15, -0.1) is 0 Å². The lowest BCUT2D eigenvalue weighted by atomic mass is 9.93. The van der Waals surface area contributed by atoms with Crippen molar-refractivity contribution in [3.8, 4) is 0 Å². The fourth-order valence-electron chi connectivity index (χ4n) is 2.71. The minimum Gasteiger partial charge on any atom is -0.321 e. The van der Waals surface area contributed by atoms with E-state index in [-0.39, 0.29) is 6.03 Å². The third-order valence-corrected chi connectivity index (χ3v) is 3.93. The van der Waals surface area contributed by atoms with Crippen LogP contribution >= 0.6 is 0 Å². The number of rotatable bonds is 2. The van der Waals surface area contributed by atoms with Crippen molar-refractivity contribution in [3.05, 3.63) is 11.8 Å². The van der Waals surface area contributed by atoms with E-state index < -0.39 is 0 Å². The molecule has 1 aliphatic heterocycles. The number of urea groups is 1. The molecular weight excluding hydrogens is 240 g/mol. The third kappa shape index (κ3) is 3.08. The quantitative estimate of drug-likeness (QED) is 0.893. The van der Waals surface area contributed by atoms with E-state index in [0.29, 0.717) is 17.8 Å². The summed E-state index contributed by atoms with van der Waals surface area (Å²) < 4.78 is 1.77.